The van der Waals surface area contributed by atoms with Gasteiger partial charge in [-0.15, -0.1) is 0 Å². The lowest BCUT2D eigenvalue weighted by Crippen LogP contribution is -2.60. The molecule has 1 saturated heterocycles. The molecule has 37 heavy (non-hydrogen) atoms. The number of nitrogens with one attached hydrogen (secondary N) is 1. The number of hydrogen-bond acceptors (Lipinski definition) is 6. The smallest absolute Gasteiger partial charge is 0.259 e. The fourth-order valence-corrected chi connectivity index (χ4v) is 7.21. The Morgan fingerprint density at radius 2 is 1.38 bits per heavy atom. The number of rotatable bonds is 7. The predicted octanol–water partition coefficient (Wildman–Crippen LogP) is 3.05. The second-order valence-electron chi connectivity index (χ2n) is 8.30. The Labute approximate surface area is 225 Å². The van der Waals surface area contributed by atoms with Crippen LogP contribution in [0.5, 0.6) is 0 Å². The molecular weight excluding hydrogens is 580 g/mol. The van der Waals surface area contributed by atoms with E-state index in [-0.39, 0.29) is 29.4 Å². The molecule has 1 amide bonds. The van der Waals surface area contributed by atoms with E-state index < -0.39 is 32.0 Å². The average molecular weight is 606 g/mol. The first-order valence-electron chi connectivity index (χ1n) is 11.3. The van der Waals surface area contributed by atoms with E-state index >= 15 is 0 Å². The summed E-state index contributed by atoms with van der Waals surface area (Å²) in [4.78, 5) is 13.4. The molecule has 1 aliphatic rings. The number of amides is 1. The molecule has 3 aromatic carbocycles. The van der Waals surface area contributed by atoms with Gasteiger partial charge >= 0.3 is 0 Å². The molecular formula is C25H25BrN4O5S2. The third-order valence-electron chi connectivity index (χ3n) is 5.92. The van der Waals surface area contributed by atoms with Gasteiger partial charge in [-0.1, -0.05) is 64.5 Å². The fourth-order valence-electron chi connectivity index (χ4n) is 3.90. The number of hydrogen-bond donors (Lipinski definition) is 1. The second kappa shape index (κ2) is 11.2. The molecule has 1 aliphatic heterocycles. The number of hydrazone groups is 1. The van der Waals surface area contributed by atoms with Gasteiger partial charge in [-0.05, 0) is 48.9 Å². The van der Waals surface area contributed by atoms with E-state index in [9.17, 15) is 21.6 Å². The van der Waals surface area contributed by atoms with Crippen molar-refractivity contribution < 1.29 is 21.6 Å². The van der Waals surface area contributed by atoms with Gasteiger partial charge in [0.25, 0.3) is 5.91 Å². The molecule has 4 rings (SSSR count). The van der Waals surface area contributed by atoms with Crippen LogP contribution in [0.1, 0.15) is 12.5 Å². The maximum atomic E-state index is 13.5. The van der Waals surface area contributed by atoms with E-state index in [0.29, 0.717) is 5.71 Å². The molecule has 9 nitrogen and oxygen atoms in total. The minimum atomic E-state index is -4.09. The summed E-state index contributed by atoms with van der Waals surface area (Å²) in [5, 5.41) is 4.15. The highest BCUT2D eigenvalue weighted by Crippen LogP contribution is 2.25. The zero-order valence-electron chi connectivity index (χ0n) is 19.9. The standard InChI is InChI=1S/C25H25BrN4O5S2/c1-19(20-12-14-21(26)15-13-20)27-28-25(31)24-18-29(36(32,33)22-8-4-2-5-9-22)16-17-30(24)37(34,35)23-10-6-3-7-11-23/h2-15,24H,16-18H2,1H3,(H,28,31)/b27-19-/t24-/m0/s1. The van der Waals surface area contributed by atoms with Gasteiger partial charge in [0.15, 0.2) is 0 Å². The van der Waals surface area contributed by atoms with Crippen molar-refractivity contribution in [2.24, 2.45) is 5.10 Å². The van der Waals surface area contributed by atoms with Crippen molar-refractivity contribution in [1.82, 2.24) is 14.0 Å². The van der Waals surface area contributed by atoms with Gasteiger partial charge in [-0.25, -0.2) is 22.3 Å². The Hall–Kier alpha value is -2.90. The largest absolute Gasteiger partial charge is 0.271 e. The molecule has 0 radical (unpaired) electrons. The lowest BCUT2D eigenvalue weighted by molar-refractivity contribution is -0.125. The third-order valence-corrected chi connectivity index (χ3v) is 10.3. The summed E-state index contributed by atoms with van der Waals surface area (Å²) in [7, 11) is -8.04. The lowest BCUT2D eigenvalue weighted by atomic mass is 10.1. The number of carbonyl (C=O) groups excluding carboxylic acids is 1. The zero-order valence-corrected chi connectivity index (χ0v) is 23.1. The molecule has 0 bridgehead atoms. The predicted molar refractivity (Wildman–Crippen MR) is 144 cm³/mol. The quantitative estimate of drug-likeness (QED) is 0.329. The number of nitrogens with zero attached hydrogens (tertiary/aromatic N) is 3. The molecule has 12 heteroatoms. The number of carbonyl (C=O) groups is 1. The monoisotopic (exact) mass is 604 g/mol. The van der Waals surface area contributed by atoms with Crippen molar-refractivity contribution in [3.63, 3.8) is 0 Å². The van der Waals surface area contributed by atoms with Crippen LogP contribution in [0.4, 0.5) is 0 Å². The summed E-state index contributed by atoms with van der Waals surface area (Å²) in [6.07, 6.45) is 0. The van der Waals surface area contributed by atoms with Crippen LogP contribution in [0, 0.1) is 0 Å². The highest BCUT2D eigenvalue weighted by molar-refractivity contribution is 9.10. The van der Waals surface area contributed by atoms with Gasteiger partial charge < -0.3 is 0 Å². The van der Waals surface area contributed by atoms with Gasteiger partial charge in [0.2, 0.25) is 20.0 Å². The van der Waals surface area contributed by atoms with Crippen molar-refractivity contribution >= 4 is 47.6 Å². The minimum absolute atomic E-state index is 0.0155. The summed E-state index contributed by atoms with van der Waals surface area (Å²) < 4.78 is 56.5. The molecule has 0 spiro atoms. The molecule has 1 atom stereocenters. The van der Waals surface area contributed by atoms with Crippen LogP contribution in [0.3, 0.4) is 0 Å². The second-order valence-corrected chi connectivity index (χ2v) is 13.0. The van der Waals surface area contributed by atoms with Crippen LogP contribution < -0.4 is 5.43 Å². The Morgan fingerprint density at radius 3 is 1.95 bits per heavy atom. The third kappa shape index (κ3) is 5.99. The van der Waals surface area contributed by atoms with E-state index in [4.69, 9.17) is 0 Å². The van der Waals surface area contributed by atoms with E-state index in [1.54, 1.807) is 43.3 Å². The lowest BCUT2D eigenvalue weighted by Gasteiger charge is -2.38. The molecule has 1 N–H and O–H groups in total. The van der Waals surface area contributed by atoms with Crippen LogP contribution in [-0.2, 0) is 24.8 Å². The van der Waals surface area contributed by atoms with Crippen LogP contribution in [0.25, 0.3) is 0 Å². The van der Waals surface area contributed by atoms with Gasteiger partial charge in [-0.3, -0.25) is 4.79 Å². The Balaban J connectivity index is 1.65. The van der Waals surface area contributed by atoms with Gasteiger partial charge in [0, 0.05) is 24.1 Å². The van der Waals surface area contributed by atoms with Crippen molar-refractivity contribution in [3.05, 3.63) is 95.0 Å². The fraction of sp³-hybridized carbons (Fsp3) is 0.200. The number of piperazine rings is 1. The maximum absolute atomic E-state index is 13.5. The first kappa shape index (κ1) is 27.1. The number of halogens is 1. The Kier molecular flexibility index (Phi) is 8.24. The summed E-state index contributed by atoms with van der Waals surface area (Å²) in [5.41, 5.74) is 3.70. The molecule has 0 unspecified atom stereocenters. The van der Waals surface area contributed by atoms with E-state index in [1.165, 1.54) is 24.3 Å². The van der Waals surface area contributed by atoms with Crippen LogP contribution in [0.2, 0.25) is 0 Å². The van der Waals surface area contributed by atoms with Crippen LogP contribution >= 0.6 is 15.9 Å². The van der Waals surface area contributed by atoms with Crippen molar-refractivity contribution in [2.45, 2.75) is 22.8 Å². The first-order valence-corrected chi connectivity index (χ1v) is 15.0. The van der Waals surface area contributed by atoms with Crippen LogP contribution in [0.15, 0.2) is 104 Å². The van der Waals surface area contributed by atoms with Crippen molar-refractivity contribution in [2.75, 3.05) is 19.6 Å². The minimum Gasteiger partial charge on any atom is -0.271 e. The van der Waals surface area contributed by atoms with Gasteiger partial charge in [-0.2, -0.15) is 13.7 Å². The summed E-state index contributed by atoms with van der Waals surface area (Å²) in [5.74, 6) is -0.732. The molecule has 0 saturated carbocycles. The van der Waals surface area contributed by atoms with E-state index in [2.05, 4.69) is 26.5 Å². The highest BCUT2D eigenvalue weighted by atomic mass is 79.9. The van der Waals surface area contributed by atoms with Crippen molar-refractivity contribution in [3.8, 4) is 0 Å². The van der Waals surface area contributed by atoms with Gasteiger partial charge in [0.05, 0.1) is 15.5 Å². The normalized spacial score (nSPS) is 17.9. The molecule has 0 aliphatic carbocycles. The molecule has 1 fully saturated rings. The highest BCUT2D eigenvalue weighted by Gasteiger charge is 2.43. The molecule has 0 aromatic heterocycles. The Morgan fingerprint density at radius 1 is 0.838 bits per heavy atom. The summed E-state index contributed by atoms with van der Waals surface area (Å²) in [6, 6.07) is 21.5. The number of benzene rings is 3. The Bertz CT molecular complexity index is 1500. The summed E-state index contributed by atoms with van der Waals surface area (Å²) >= 11 is 3.37. The van der Waals surface area contributed by atoms with Crippen LogP contribution in [-0.4, -0.2) is 62.7 Å². The van der Waals surface area contributed by atoms with E-state index in [1.807, 2.05) is 24.3 Å². The van der Waals surface area contributed by atoms with E-state index in [0.717, 1.165) is 18.6 Å². The van der Waals surface area contributed by atoms with Crippen molar-refractivity contribution in [1.29, 1.82) is 0 Å². The molecule has 3 aromatic rings. The zero-order chi connectivity index (χ0) is 26.6. The first-order chi connectivity index (χ1) is 17.6. The summed E-state index contributed by atoms with van der Waals surface area (Å²) in [6.45, 7) is 1.04. The number of sulfonamides is 2. The SMILES string of the molecule is C/C(=N/NC(=O)[C@@H]1CN(S(=O)(=O)c2ccccc2)CCN1S(=O)(=O)c1ccccc1)c1ccc(Br)cc1. The molecule has 1 heterocycles. The van der Waals surface area contributed by atoms with Gasteiger partial charge in [0.1, 0.15) is 6.04 Å². The average Bonchev–Trinajstić information content (AvgIpc) is 2.92. The maximum Gasteiger partial charge on any atom is 0.259 e. The topological polar surface area (TPSA) is 116 Å². The molecule has 194 valence electrons.